The molecule has 1 atom stereocenters. The maximum absolute atomic E-state index is 11.3. The number of likely N-dealkylation sites (N-methyl/N-ethyl adjacent to an activating group) is 1. The third-order valence-corrected chi connectivity index (χ3v) is 2.14. The Labute approximate surface area is 97.4 Å². The van der Waals surface area contributed by atoms with E-state index >= 15 is 0 Å². The summed E-state index contributed by atoms with van der Waals surface area (Å²) in [5.41, 5.74) is -0.907. The van der Waals surface area contributed by atoms with Gasteiger partial charge in [-0.3, -0.25) is 4.79 Å². The molecule has 1 unspecified atom stereocenters. The quantitative estimate of drug-likeness (QED) is 0.497. The molecule has 0 radical (unpaired) electrons. The molecule has 0 saturated heterocycles. The first kappa shape index (κ1) is 15.3. The number of rotatable bonds is 8. The van der Waals surface area contributed by atoms with Crippen LogP contribution in [0.1, 0.15) is 26.2 Å². The van der Waals surface area contributed by atoms with E-state index < -0.39 is 5.60 Å². The van der Waals surface area contributed by atoms with Gasteiger partial charge in [0, 0.05) is 26.1 Å². The first-order valence-electron chi connectivity index (χ1n) is 5.62. The molecule has 0 rings (SSSR count). The van der Waals surface area contributed by atoms with E-state index in [2.05, 4.69) is 5.32 Å². The molecule has 0 fully saturated rings. The van der Waals surface area contributed by atoms with Crippen molar-refractivity contribution < 1.29 is 15.0 Å². The molecule has 16 heavy (non-hydrogen) atoms. The van der Waals surface area contributed by atoms with Gasteiger partial charge < -0.3 is 20.4 Å². The normalized spacial score (nSPS) is 14.9. The summed E-state index contributed by atoms with van der Waals surface area (Å²) in [6, 6.07) is 0. The lowest BCUT2D eigenvalue weighted by Gasteiger charge is -2.27. The van der Waals surface area contributed by atoms with Crippen LogP contribution in [0.3, 0.4) is 0 Å². The second-order valence-corrected chi connectivity index (χ2v) is 4.69. The molecule has 5 heteroatoms. The highest BCUT2D eigenvalue weighted by atomic mass is 16.3. The Morgan fingerprint density at radius 3 is 2.50 bits per heavy atom. The lowest BCUT2D eigenvalue weighted by atomic mass is 10.1. The van der Waals surface area contributed by atoms with Gasteiger partial charge in [-0.2, -0.15) is 0 Å². The smallest absolute Gasteiger partial charge is 0.220 e. The van der Waals surface area contributed by atoms with E-state index in [1.165, 1.54) is 0 Å². The zero-order valence-electron chi connectivity index (χ0n) is 10.5. The lowest BCUT2D eigenvalue weighted by Crippen LogP contribution is -2.47. The fourth-order valence-electron chi connectivity index (χ4n) is 1.51. The van der Waals surface area contributed by atoms with Crippen molar-refractivity contribution in [2.45, 2.75) is 31.8 Å². The van der Waals surface area contributed by atoms with Crippen LogP contribution >= 0.6 is 0 Å². The van der Waals surface area contributed by atoms with Crippen molar-refractivity contribution >= 4 is 5.91 Å². The van der Waals surface area contributed by atoms with Gasteiger partial charge >= 0.3 is 0 Å². The van der Waals surface area contributed by atoms with Crippen LogP contribution in [0.5, 0.6) is 0 Å². The van der Waals surface area contributed by atoms with Gasteiger partial charge in [-0.15, -0.1) is 0 Å². The number of hydrogen-bond donors (Lipinski definition) is 3. The molecule has 0 saturated carbocycles. The zero-order chi connectivity index (χ0) is 12.6. The van der Waals surface area contributed by atoms with E-state index in [-0.39, 0.29) is 19.1 Å². The fraction of sp³-hybridized carbons (Fsp3) is 0.909. The van der Waals surface area contributed by atoms with Gasteiger partial charge in [0.25, 0.3) is 0 Å². The van der Waals surface area contributed by atoms with Crippen LogP contribution in [0.25, 0.3) is 0 Å². The van der Waals surface area contributed by atoms with Crippen LogP contribution < -0.4 is 5.32 Å². The SMILES string of the molecule is CN(C)CC(C)(O)CNC(=O)CCCCO. The van der Waals surface area contributed by atoms with E-state index in [0.717, 1.165) is 0 Å². The van der Waals surface area contributed by atoms with E-state index in [1.54, 1.807) is 6.92 Å². The molecular weight excluding hydrogens is 208 g/mol. The lowest BCUT2D eigenvalue weighted by molar-refractivity contribution is -0.122. The summed E-state index contributed by atoms with van der Waals surface area (Å²) in [6.07, 6.45) is 1.72. The molecule has 0 aliphatic carbocycles. The molecule has 0 heterocycles. The summed E-state index contributed by atoms with van der Waals surface area (Å²) in [4.78, 5) is 13.2. The third kappa shape index (κ3) is 8.64. The topological polar surface area (TPSA) is 72.8 Å². The van der Waals surface area contributed by atoms with Gasteiger partial charge in [0.15, 0.2) is 0 Å². The van der Waals surface area contributed by atoms with Gasteiger partial charge in [-0.1, -0.05) is 0 Å². The van der Waals surface area contributed by atoms with Crippen molar-refractivity contribution in [1.82, 2.24) is 10.2 Å². The molecular formula is C11H24N2O3. The van der Waals surface area contributed by atoms with Crippen molar-refractivity contribution in [2.75, 3.05) is 33.8 Å². The minimum Gasteiger partial charge on any atom is -0.396 e. The second-order valence-electron chi connectivity index (χ2n) is 4.69. The van der Waals surface area contributed by atoms with Crippen molar-refractivity contribution in [3.8, 4) is 0 Å². The minimum atomic E-state index is -0.907. The Balaban J connectivity index is 3.72. The molecule has 0 aliphatic rings. The van der Waals surface area contributed by atoms with Crippen molar-refractivity contribution in [3.63, 3.8) is 0 Å². The van der Waals surface area contributed by atoms with Crippen LogP contribution in [-0.2, 0) is 4.79 Å². The van der Waals surface area contributed by atoms with Crippen LogP contribution in [0.2, 0.25) is 0 Å². The van der Waals surface area contributed by atoms with E-state index in [9.17, 15) is 9.90 Å². The fourth-order valence-corrected chi connectivity index (χ4v) is 1.51. The summed E-state index contributed by atoms with van der Waals surface area (Å²) >= 11 is 0. The second kappa shape index (κ2) is 7.60. The van der Waals surface area contributed by atoms with Gasteiger partial charge in [-0.05, 0) is 33.9 Å². The molecule has 0 aromatic heterocycles. The summed E-state index contributed by atoms with van der Waals surface area (Å²) in [6.45, 7) is 2.57. The van der Waals surface area contributed by atoms with Crippen LogP contribution in [0.15, 0.2) is 0 Å². The molecule has 3 N–H and O–H groups in total. The summed E-state index contributed by atoms with van der Waals surface area (Å²) in [5.74, 6) is -0.0764. The Hall–Kier alpha value is -0.650. The number of hydrogen-bond acceptors (Lipinski definition) is 4. The predicted octanol–water partition coefficient (Wildman–Crippen LogP) is -0.422. The Bertz CT molecular complexity index is 205. The predicted molar refractivity (Wildman–Crippen MR) is 63.1 cm³/mol. The average molecular weight is 232 g/mol. The number of aliphatic hydroxyl groups excluding tert-OH is 1. The van der Waals surface area contributed by atoms with E-state index in [4.69, 9.17) is 5.11 Å². The molecule has 5 nitrogen and oxygen atoms in total. The first-order chi connectivity index (χ1) is 7.37. The number of aliphatic hydroxyl groups is 2. The number of unbranched alkanes of at least 4 members (excludes halogenated alkanes) is 1. The van der Waals surface area contributed by atoms with E-state index in [0.29, 0.717) is 25.8 Å². The third-order valence-electron chi connectivity index (χ3n) is 2.14. The van der Waals surface area contributed by atoms with Crippen LogP contribution in [0, 0.1) is 0 Å². The average Bonchev–Trinajstić information content (AvgIpc) is 2.13. The number of carbonyl (C=O) groups is 1. The summed E-state index contributed by atoms with van der Waals surface area (Å²) < 4.78 is 0. The highest BCUT2D eigenvalue weighted by Crippen LogP contribution is 2.03. The van der Waals surface area contributed by atoms with Crippen LogP contribution in [0.4, 0.5) is 0 Å². The summed E-state index contributed by atoms with van der Waals surface area (Å²) in [7, 11) is 3.75. The molecule has 0 spiro atoms. The number of nitrogens with zero attached hydrogens (tertiary/aromatic N) is 1. The highest BCUT2D eigenvalue weighted by Gasteiger charge is 2.21. The molecule has 0 aromatic carbocycles. The minimum absolute atomic E-state index is 0.0764. The largest absolute Gasteiger partial charge is 0.396 e. The Kier molecular flexibility index (Phi) is 7.29. The van der Waals surface area contributed by atoms with Crippen molar-refractivity contribution in [3.05, 3.63) is 0 Å². The Morgan fingerprint density at radius 2 is 2.00 bits per heavy atom. The monoisotopic (exact) mass is 232 g/mol. The molecule has 0 bridgehead atoms. The molecule has 1 amide bonds. The molecule has 0 aliphatic heterocycles. The molecule has 96 valence electrons. The van der Waals surface area contributed by atoms with Crippen molar-refractivity contribution in [2.24, 2.45) is 0 Å². The maximum Gasteiger partial charge on any atom is 0.220 e. The number of carbonyl (C=O) groups excluding carboxylic acids is 1. The number of nitrogens with one attached hydrogen (secondary N) is 1. The van der Waals surface area contributed by atoms with Gasteiger partial charge in [-0.25, -0.2) is 0 Å². The maximum atomic E-state index is 11.3. The van der Waals surface area contributed by atoms with Gasteiger partial charge in [0.1, 0.15) is 0 Å². The Morgan fingerprint density at radius 1 is 1.38 bits per heavy atom. The van der Waals surface area contributed by atoms with Crippen molar-refractivity contribution in [1.29, 1.82) is 0 Å². The van der Waals surface area contributed by atoms with Crippen LogP contribution in [-0.4, -0.2) is 60.4 Å². The van der Waals surface area contributed by atoms with E-state index in [1.807, 2.05) is 19.0 Å². The summed E-state index contributed by atoms with van der Waals surface area (Å²) in [5, 5.41) is 21.2. The zero-order valence-corrected chi connectivity index (χ0v) is 10.5. The van der Waals surface area contributed by atoms with Gasteiger partial charge in [0.05, 0.1) is 5.60 Å². The molecule has 0 aromatic rings. The first-order valence-corrected chi connectivity index (χ1v) is 5.62. The highest BCUT2D eigenvalue weighted by molar-refractivity contribution is 5.75. The standard InChI is InChI=1S/C11H24N2O3/c1-11(16,9-13(2)3)8-12-10(15)6-4-5-7-14/h14,16H,4-9H2,1-3H3,(H,12,15). The van der Waals surface area contributed by atoms with Gasteiger partial charge in [0.2, 0.25) is 5.91 Å². The number of amides is 1.